The summed E-state index contributed by atoms with van der Waals surface area (Å²) in [4.78, 5) is 38.7. The molecule has 0 spiro atoms. The Morgan fingerprint density at radius 3 is 2.45 bits per heavy atom. The van der Waals surface area contributed by atoms with Crippen molar-refractivity contribution in [2.24, 2.45) is 0 Å². The number of aliphatic hydroxyl groups is 1. The Kier molecular flexibility index (Phi) is 7.13. The monoisotopic (exact) mass is 564 g/mol. The third kappa shape index (κ3) is 4.92. The summed E-state index contributed by atoms with van der Waals surface area (Å²) in [5.41, 5.74) is 1.21. The van der Waals surface area contributed by atoms with Crippen LogP contribution in [0.1, 0.15) is 17.5 Å². The van der Waals surface area contributed by atoms with Gasteiger partial charge in [-0.25, -0.2) is 19.0 Å². The summed E-state index contributed by atoms with van der Waals surface area (Å²) >= 11 is 5.79. The SMILES string of the molecule is Nc1nc(Cl)nc2c1ncn2[C@@H]1O[C@H](COC(Cc2ccc(C(F)(F)F)nc2)(C(=O)O)C(=O)O)[C@@H](O)[C@@H]1F. The lowest BCUT2D eigenvalue weighted by Crippen LogP contribution is -2.52. The molecule has 4 heterocycles. The van der Waals surface area contributed by atoms with Gasteiger partial charge in [0.1, 0.15) is 23.4 Å². The van der Waals surface area contributed by atoms with Crippen molar-refractivity contribution >= 4 is 40.5 Å². The van der Waals surface area contributed by atoms with Crippen LogP contribution in [0.2, 0.25) is 5.28 Å². The van der Waals surface area contributed by atoms with Crippen molar-refractivity contribution in [1.82, 2.24) is 24.5 Å². The van der Waals surface area contributed by atoms with Gasteiger partial charge in [0.15, 0.2) is 23.9 Å². The topological polar surface area (TPSA) is 196 Å². The molecule has 204 valence electrons. The van der Waals surface area contributed by atoms with Crippen molar-refractivity contribution in [1.29, 1.82) is 0 Å². The molecule has 0 unspecified atom stereocenters. The first-order valence-corrected chi connectivity index (χ1v) is 10.9. The standard InChI is InChI=1S/C20H17ClF4N6O7/c21-18-29-13(26)11-14(30-18)31(6-28-11)15-10(22)12(32)8(38-15)5-37-19(16(33)34,17(35)36)3-7-1-2-9(27-4-7)20(23,24)25/h1-2,4,6,8,10,12,15,32H,3,5H2,(H,33,34)(H,35,36)(H2,26,29,30)/t8-,10+,12-,15-/m1/s1. The minimum absolute atomic E-state index is 0.0378. The molecule has 4 rings (SSSR count). The number of hydrogen-bond acceptors (Lipinski definition) is 10. The normalized spacial score (nSPS) is 22.2. The molecular formula is C20H17ClF4N6O7. The zero-order chi connectivity index (χ0) is 28.0. The number of pyridine rings is 1. The van der Waals surface area contributed by atoms with Gasteiger partial charge in [-0.1, -0.05) is 6.07 Å². The van der Waals surface area contributed by atoms with Crippen molar-refractivity contribution in [3.63, 3.8) is 0 Å². The van der Waals surface area contributed by atoms with Gasteiger partial charge < -0.3 is 30.5 Å². The molecule has 0 amide bonds. The lowest BCUT2D eigenvalue weighted by molar-refractivity contribution is -0.190. The average molecular weight is 565 g/mol. The molecule has 0 bridgehead atoms. The van der Waals surface area contributed by atoms with Crippen LogP contribution < -0.4 is 5.73 Å². The number of nitrogens with two attached hydrogens (primary N) is 1. The maximum absolute atomic E-state index is 15.0. The van der Waals surface area contributed by atoms with Crippen LogP contribution in [0, 0.1) is 0 Å². The van der Waals surface area contributed by atoms with E-state index in [-0.39, 0.29) is 27.8 Å². The Labute approximate surface area is 213 Å². The number of anilines is 1. The second-order valence-corrected chi connectivity index (χ2v) is 8.51. The van der Waals surface area contributed by atoms with Gasteiger partial charge in [-0.15, -0.1) is 0 Å². The Morgan fingerprint density at radius 1 is 1.18 bits per heavy atom. The summed E-state index contributed by atoms with van der Waals surface area (Å²) in [6.45, 7) is -0.935. The molecule has 1 saturated heterocycles. The fraction of sp³-hybridized carbons (Fsp3) is 0.400. The molecule has 1 aliphatic rings. The molecule has 38 heavy (non-hydrogen) atoms. The predicted molar refractivity (Wildman–Crippen MR) is 116 cm³/mol. The third-order valence-electron chi connectivity index (χ3n) is 5.74. The van der Waals surface area contributed by atoms with E-state index >= 15 is 4.39 Å². The van der Waals surface area contributed by atoms with Crippen LogP contribution in [-0.2, 0) is 31.7 Å². The number of aliphatic hydroxyl groups excluding tert-OH is 1. The van der Waals surface area contributed by atoms with Gasteiger partial charge in [-0.2, -0.15) is 23.1 Å². The molecular weight excluding hydrogens is 548 g/mol. The van der Waals surface area contributed by atoms with Crippen molar-refractivity contribution in [3.05, 3.63) is 41.2 Å². The Morgan fingerprint density at radius 2 is 1.87 bits per heavy atom. The number of fused-ring (bicyclic) bond motifs is 1. The highest BCUT2D eigenvalue weighted by Gasteiger charge is 2.52. The van der Waals surface area contributed by atoms with E-state index in [2.05, 4.69) is 19.9 Å². The van der Waals surface area contributed by atoms with Gasteiger partial charge >= 0.3 is 18.1 Å². The van der Waals surface area contributed by atoms with Crippen molar-refractivity contribution in [2.75, 3.05) is 12.3 Å². The second kappa shape index (κ2) is 9.90. The molecule has 4 atom stereocenters. The van der Waals surface area contributed by atoms with Gasteiger partial charge in [0, 0.05) is 12.6 Å². The quantitative estimate of drug-likeness (QED) is 0.174. The number of carboxylic acid groups (broad SMARTS) is 2. The number of imidazole rings is 1. The maximum Gasteiger partial charge on any atom is 0.433 e. The first-order valence-electron chi connectivity index (χ1n) is 10.5. The van der Waals surface area contributed by atoms with Crippen LogP contribution in [0.5, 0.6) is 0 Å². The third-order valence-corrected chi connectivity index (χ3v) is 5.91. The summed E-state index contributed by atoms with van der Waals surface area (Å²) < 4.78 is 65.0. The lowest BCUT2D eigenvalue weighted by Gasteiger charge is -2.27. The number of ether oxygens (including phenoxy) is 2. The number of hydrogen-bond donors (Lipinski definition) is 4. The number of carboxylic acids is 2. The summed E-state index contributed by atoms with van der Waals surface area (Å²) in [6.07, 6.45) is -11.2. The van der Waals surface area contributed by atoms with E-state index in [1.54, 1.807) is 0 Å². The molecule has 13 nitrogen and oxygen atoms in total. The van der Waals surface area contributed by atoms with Crippen molar-refractivity contribution < 1.29 is 51.9 Å². The largest absolute Gasteiger partial charge is 0.479 e. The number of aliphatic carboxylic acids is 2. The zero-order valence-corrected chi connectivity index (χ0v) is 19.5. The molecule has 0 radical (unpaired) electrons. The van der Waals surface area contributed by atoms with Gasteiger partial charge in [0.05, 0.1) is 12.9 Å². The summed E-state index contributed by atoms with van der Waals surface area (Å²) in [7, 11) is 0. The van der Waals surface area contributed by atoms with E-state index in [0.29, 0.717) is 12.3 Å². The van der Waals surface area contributed by atoms with Crippen LogP contribution in [-0.4, -0.2) is 82.3 Å². The van der Waals surface area contributed by atoms with Crippen molar-refractivity contribution in [3.8, 4) is 0 Å². The maximum atomic E-state index is 15.0. The summed E-state index contributed by atoms with van der Waals surface area (Å²) in [6, 6.07) is 1.39. The van der Waals surface area contributed by atoms with Crippen LogP contribution >= 0.6 is 11.6 Å². The van der Waals surface area contributed by atoms with Crippen LogP contribution in [0.15, 0.2) is 24.7 Å². The van der Waals surface area contributed by atoms with E-state index < -0.39 is 67.0 Å². The molecule has 0 aromatic carbocycles. The molecule has 5 N–H and O–H groups in total. The molecule has 3 aromatic heterocycles. The number of rotatable bonds is 8. The molecule has 1 fully saturated rings. The Balaban J connectivity index is 1.56. The zero-order valence-electron chi connectivity index (χ0n) is 18.7. The second-order valence-electron chi connectivity index (χ2n) is 8.18. The van der Waals surface area contributed by atoms with Gasteiger partial charge in [-0.05, 0) is 23.2 Å². The number of nitrogens with zero attached hydrogens (tertiary/aromatic N) is 5. The number of carbonyl (C=O) groups is 2. The minimum Gasteiger partial charge on any atom is -0.479 e. The molecule has 1 aliphatic heterocycles. The Hall–Kier alpha value is -3.67. The van der Waals surface area contributed by atoms with Crippen LogP contribution in [0.4, 0.5) is 23.4 Å². The van der Waals surface area contributed by atoms with E-state index in [1.807, 2.05) is 0 Å². The summed E-state index contributed by atoms with van der Waals surface area (Å²) in [5, 5.41) is 29.4. The smallest absolute Gasteiger partial charge is 0.433 e. The number of aromatic nitrogens is 5. The predicted octanol–water partition coefficient (Wildman–Crippen LogP) is 1.24. The molecule has 0 saturated carbocycles. The lowest BCUT2D eigenvalue weighted by atomic mass is 9.94. The van der Waals surface area contributed by atoms with Crippen molar-refractivity contribution in [2.45, 2.75) is 42.8 Å². The highest BCUT2D eigenvalue weighted by atomic mass is 35.5. The van der Waals surface area contributed by atoms with E-state index in [1.165, 1.54) is 0 Å². The number of halogens is 5. The first-order chi connectivity index (χ1) is 17.7. The number of alkyl halides is 4. The molecule has 0 aliphatic carbocycles. The molecule has 18 heteroatoms. The van der Waals surface area contributed by atoms with Gasteiger partial charge in [0.25, 0.3) is 5.60 Å². The van der Waals surface area contributed by atoms with Crippen LogP contribution in [0.3, 0.4) is 0 Å². The fourth-order valence-corrected chi connectivity index (χ4v) is 3.96. The average Bonchev–Trinajstić information content (AvgIpc) is 3.37. The van der Waals surface area contributed by atoms with Gasteiger partial charge in [0.2, 0.25) is 5.28 Å². The Bertz CT molecular complexity index is 1360. The van der Waals surface area contributed by atoms with E-state index in [0.717, 1.165) is 17.0 Å². The fourth-order valence-electron chi connectivity index (χ4n) is 3.79. The molecule has 3 aromatic rings. The minimum atomic E-state index is -4.77. The van der Waals surface area contributed by atoms with E-state index in [4.69, 9.17) is 26.8 Å². The summed E-state index contributed by atoms with van der Waals surface area (Å²) in [5.74, 6) is -4.13. The highest BCUT2D eigenvalue weighted by Crippen LogP contribution is 2.35. The van der Waals surface area contributed by atoms with Crippen LogP contribution in [0.25, 0.3) is 11.2 Å². The highest BCUT2D eigenvalue weighted by molar-refractivity contribution is 6.28. The van der Waals surface area contributed by atoms with E-state index in [9.17, 15) is 38.1 Å². The number of nitrogen functional groups attached to an aromatic ring is 1. The first kappa shape index (κ1) is 27.4. The van der Waals surface area contributed by atoms with Gasteiger partial charge in [-0.3, -0.25) is 9.55 Å².